The number of benzene rings is 2. The fourth-order valence-electron chi connectivity index (χ4n) is 2.19. The van der Waals surface area contributed by atoms with Crippen LogP contribution in [0.3, 0.4) is 0 Å². The molecule has 1 unspecified atom stereocenters. The zero-order chi connectivity index (χ0) is 14.8. The second-order valence-corrected chi connectivity index (χ2v) is 5.82. The molecule has 1 N–H and O–H groups in total. The Balaban J connectivity index is 2.26. The van der Waals surface area contributed by atoms with Gasteiger partial charge in [0.15, 0.2) is 0 Å². The van der Waals surface area contributed by atoms with Crippen molar-refractivity contribution in [2.45, 2.75) is 38.7 Å². The molecular formula is C18H21FO. The first kappa shape index (κ1) is 14.7. The van der Waals surface area contributed by atoms with E-state index in [4.69, 9.17) is 0 Å². The lowest BCUT2D eigenvalue weighted by Crippen LogP contribution is -2.15. The molecule has 1 nitrogen and oxygen atoms in total. The fourth-order valence-corrected chi connectivity index (χ4v) is 2.19. The molecule has 0 aromatic heterocycles. The molecule has 2 rings (SSSR count). The second-order valence-electron chi connectivity index (χ2n) is 5.82. The maximum absolute atomic E-state index is 13.2. The van der Waals surface area contributed by atoms with Gasteiger partial charge in [-0.3, -0.25) is 0 Å². The van der Waals surface area contributed by atoms with Crippen LogP contribution in [0.2, 0.25) is 0 Å². The van der Waals surface area contributed by atoms with Crippen LogP contribution in [0.25, 0.3) is 0 Å². The lowest BCUT2D eigenvalue weighted by molar-refractivity contribution is 0.219. The Labute approximate surface area is 120 Å². The van der Waals surface area contributed by atoms with Crippen molar-refractivity contribution >= 4 is 0 Å². The molecule has 0 saturated carbocycles. The average Bonchev–Trinajstić information content (AvgIpc) is 2.46. The van der Waals surface area contributed by atoms with Gasteiger partial charge in [-0.25, -0.2) is 4.39 Å². The molecule has 0 saturated heterocycles. The van der Waals surface area contributed by atoms with E-state index in [1.165, 1.54) is 17.7 Å². The van der Waals surface area contributed by atoms with Crippen LogP contribution in [0.4, 0.5) is 4.39 Å². The highest BCUT2D eigenvalue weighted by Gasteiger charge is 2.18. The van der Waals surface area contributed by atoms with Crippen LogP contribution < -0.4 is 0 Å². The molecule has 2 aromatic carbocycles. The Morgan fingerprint density at radius 3 is 2.25 bits per heavy atom. The van der Waals surface area contributed by atoms with Gasteiger partial charge in [-0.15, -0.1) is 0 Å². The standard InChI is InChI=1S/C18H21FO/c1-4-18(2,3)15-10-8-13(9-11-15)17(20)14-6-5-7-16(19)12-14/h5-12,17,20H,4H2,1-3H3. The third kappa shape index (κ3) is 3.07. The predicted octanol–water partition coefficient (Wildman–Crippen LogP) is 4.60. The lowest BCUT2D eigenvalue weighted by Gasteiger charge is -2.24. The molecule has 106 valence electrons. The number of hydrogen-bond donors (Lipinski definition) is 1. The van der Waals surface area contributed by atoms with Crippen molar-refractivity contribution in [3.05, 3.63) is 71.0 Å². The van der Waals surface area contributed by atoms with E-state index >= 15 is 0 Å². The Kier molecular flexibility index (Phi) is 4.24. The molecule has 0 bridgehead atoms. The smallest absolute Gasteiger partial charge is 0.123 e. The van der Waals surface area contributed by atoms with E-state index in [1.807, 2.05) is 24.3 Å². The summed E-state index contributed by atoms with van der Waals surface area (Å²) >= 11 is 0. The summed E-state index contributed by atoms with van der Waals surface area (Å²) in [6.45, 7) is 6.56. The van der Waals surface area contributed by atoms with E-state index in [0.717, 1.165) is 12.0 Å². The third-order valence-electron chi connectivity index (χ3n) is 4.06. The minimum Gasteiger partial charge on any atom is -0.384 e. The molecule has 1 atom stereocenters. The Morgan fingerprint density at radius 2 is 1.70 bits per heavy atom. The molecule has 0 radical (unpaired) electrons. The molecule has 20 heavy (non-hydrogen) atoms. The Bertz CT molecular complexity index is 572. The molecule has 0 amide bonds. The number of aliphatic hydroxyl groups excluding tert-OH is 1. The normalized spacial score (nSPS) is 13.2. The quantitative estimate of drug-likeness (QED) is 0.862. The second kappa shape index (κ2) is 5.76. The first-order valence-electron chi connectivity index (χ1n) is 6.98. The fraction of sp³-hybridized carbons (Fsp3) is 0.333. The molecule has 0 aliphatic rings. The largest absolute Gasteiger partial charge is 0.384 e. The average molecular weight is 272 g/mol. The van der Waals surface area contributed by atoms with Crippen molar-refractivity contribution in [2.75, 3.05) is 0 Å². The van der Waals surface area contributed by atoms with Crippen LogP contribution in [0.5, 0.6) is 0 Å². The van der Waals surface area contributed by atoms with E-state index < -0.39 is 6.10 Å². The number of rotatable bonds is 4. The maximum atomic E-state index is 13.2. The molecule has 2 heteroatoms. The molecule has 0 heterocycles. The van der Waals surface area contributed by atoms with Gasteiger partial charge in [0.2, 0.25) is 0 Å². The number of aliphatic hydroxyl groups is 1. The zero-order valence-corrected chi connectivity index (χ0v) is 12.2. The van der Waals surface area contributed by atoms with Crippen LogP contribution in [0, 0.1) is 5.82 Å². The summed E-state index contributed by atoms with van der Waals surface area (Å²) in [5, 5.41) is 10.3. The predicted molar refractivity (Wildman–Crippen MR) is 80.2 cm³/mol. The Hall–Kier alpha value is -1.67. The summed E-state index contributed by atoms with van der Waals surface area (Å²) in [6.07, 6.45) is 0.267. The van der Waals surface area contributed by atoms with Gasteiger partial charge in [-0.05, 0) is 40.7 Å². The summed E-state index contributed by atoms with van der Waals surface area (Å²) in [4.78, 5) is 0. The van der Waals surface area contributed by atoms with Crippen molar-refractivity contribution in [3.63, 3.8) is 0 Å². The Morgan fingerprint density at radius 1 is 1.05 bits per heavy atom. The molecule has 0 aliphatic carbocycles. The van der Waals surface area contributed by atoms with Crippen molar-refractivity contribution < 1.29 is 9.50 Å². The van der Waals surface area contributed by atoms with Crippen LogP contribution in [-0.2, 0) is 5.41 Å². The minimum absolute atomic E-state index is 0.127. The zero-order valence-electron chi connectivity index (χ0n) is 12.2. The third-order valence-corrected chi connectivity index (χ3v) is 4.06. The van der Waals surface area contributed by atoms with Gasteiger partial charge in [0.25, 0.3) is 0 Å². The van der Waals surface area contributed by atoms with E-state index in [9.17, 15) is 9.50 Å². The summed E-state index contributed by atoms with van der Waals surface area (Å²) in [7, 11) is 0. The highest BCUT2D eigenvalue weighted by Crippen LogP contribution is 2.29. The molecule has 0 aliphatic heterocycles. The molecule has 2 aromatic rings. The summed E-state index contributed by atoms with van der Waals surface area (Å²) < 4.78 is 13.2. The monoisotopic (exact) mass is 272 g/mol. The van der Waals surface area contributed by atoms with Crippen molar-refractivity contribution in [3.8, 4) is 0 Å². The highest BCUT2D eigenvalue weighted by molar-refractivity contribution is 5.34. The van der Waals surface area contributed by atoms with E-state index in [1.54, 1.807) is 12.1 Å². The van der Waals surface area contributed by atoms with E-state index in [-0.39, 0.29) is 11.2 Å². The van der Waals surface area contributed by atoms with Gasteiger partial charge in [-0.1, -0.05) is 57.2 Å². The van der Waals surface area contributed by atoms with E-state index in [0.29, 0.717) is 5.56 Å². The van der Waals surface area contributed by atoms with Crippen molar-refractivity contribution in [1.29, 1.82) is 0 Å². The van der Waals surface area contributed by atoms with Gasteiger partial charge >= 0.3 is 0 Å². The SMILES string of the molecule is CCC(C)(C)c1ccc(C(O)c2cccc(F)c2)cc1. The van der Waals surface area contributed by atoms with Crippen LogP contribution in [0.15, 0.2) is 48.5 Å². The molecule has 0 fully saturated rings. The van der Waals surface area contributed by atoms with Crippen LogP contribution in [-0.4, -0.2) is 5.11 Å². The first-order valence-corrected chi connectivity index (χ1v) is 6.98. The maximum Gasteiger partial charge on any atom is 0.123 e. The van der Waals surface area contributed by atoms with Crippen molar-refractivity contribution in [2.24, 2.45) is 0 Å². The topological polar surface area (TPSA) is 20.2 Å². The minimum atomic E-state index is -0.788. The van der Waals surface area contributed by atoms with Gasteiger partial charge in [0, 0.05) is 0 Å². The van der Waals surface area contributed by atoms with Gasteiger partial charge in [0.05, 0.1) is 0 Å². The molecule has 0 spiro atoms. The summed E-state index contributed by atoms with van der Waals surface area (Å²) in [6, 6.07) is 14.0. The van der Waals surface area contributed by atoms with Crippen molar-refractivity contribution in [1.82, 2.24) is 0 Å². The highest BCUT2D eigenvalue weighted by atomic mass is 19.1. The van der Waals surface area contributed by atoms with Gasteiger partial charge in [-0.2, -0.15) is 0 Å². The van der Waals surface area contributed by atoms with E-state index in [2.05, 4.69) is 20.8 Å². The van der Waals surface area contributed by atoms with Crippen LogP contribution >= 0.6 is 0 Å². The van der Waals surface area contributed by atoms with Gasteiger partial charge < -0.3 is 5.11 Å². The first-order chi connectivity index (χ1) is 9.44. The lowest BCUT2D eigenvalue weighted by atomic mass is 9.82. The summed E-state index contributed by atoms with van der Waals surface area (Å²) in [5.41, 5.74) is 2.73. The summed E-state index contributed by atoms with van der Waals surface area (Å²) in [5.74, 6) is -0.328. The molecular weight excluding hydrogens is 251 g/mol. The van der Waals surface area contributed by atoms with Gasteiger partial charge in [0.1, 0.15) is 11.9 Å². The number of halogens is 1. The number of hydrogen-bond acceptors (Lipinski definition) is 1. The van der Waals surface area contributed by atoms with Crippen LogP contribution in [0.1, 0.15) is 50.0 Å².